The largest absolute Gasteiger partial charge is 0.481 e. The van der Waals surface area contributed by atoms with Crippen molar-refractivity contribution in [1.29, 1.82) is 0 Å². The molecule has 94 valence electrons. The summed E-state index contributed by atoms with van der Waals surface area (Å²) in [6.07, 6.45) is 7.03. The summed E-state index contributed by atoms with van der Waals surface area (Å²) < 4.78 is 5.01. The first-order valence-corrected chi connectivity index (χ1v) is 6.05. The van der Waals surface area contributed by atoms with Crippen LogP contribution in [0.5, 0.6) is 0 Å². The fraction of sp³-hybridized carbons (Fsp3) is 0.615. The molecule has 1 aliphatic carbocycles. The Hall–Kier alpha value is -1.29. The van der Waals surface area contributed by atoms with E-state index >= 15 is 0 Å². The molecule has 0 aromatic carbocycles. The van der Waals surface area contributed by atoms with Gasteiger partial charge in [0.05, 0.1) is 17.9 Å². The van der Waals surface area contributed by atoms with E-state index in [1.54, 1.807) is 12.5 Å². The van der Waals surface area contributed by atoms with Crippen LogP contribution in [0.25, 0.3) is 0 Å². The van der Waals surface area contributed by atoms with Gasteiger partial charge in [-0.15, -0.1) is 0 Å². The van der Waals surface area contributed by atoms with Crippen molar-refractivity contribution in [2.45, 2.75) is 32.2 Å². The van der Waals surface area contributed by atoms with Crippen LogP contribution >= 0.6 is 0 Å². The number of nitrogens with zero attached hydrogens (tertiary/aromatic N) is 1. The Morgan fingerprint density at radius 1 is 1.53 bits per heavy atom. The minimum absolute atomic E-state index is 0.529. The molecule has 1 aromatic rings. The predicted octanol–water partition coefficient (Wildman–Crippen LogP) is 2.36. The predicted molar refractivity (Wildman–Crippen MR) is 63.6 cm³/mol. The third kappa shape index (κ3) is 2.69. The minimum Gasteiger partial charge on any atom is -0.481 e. The summed E-state index contributed by atoms with van der Waals surface area (Å²) in [6, 6.07) is 1.92. The van der Waals surface area contributed by atoms with Crippen molar-refractivity contribution in [3.63, 3.8) is 0 Å². The molecule has 1 N–H and O–H groups in total. The van der Waals surface area contributed by atoms with Gasteiger partial charge in [-0.05, 0) is 26.0 Å². The van der Waals surface area contributed by atoms with E-state index in [-0.39, 0.29) is 0 Å². The van der Waals surface area contributed by atoms with E-state index in [2.05, 4.69) is 4.90 Å². The molecule has 0 unspecified atom stereocenters. The quantitative estimate of drug-likeness (QED) is 0.854. The van der Waals surface area contributed by atoms with Crippen LogP contribution in [-0.4, -0.2) is 29.6 Å². The summed E-state index contributed by atoms with van der Waals surface area (Å²) in [5.74, 6) is -0.644. The van der Waals surface area contributed by atoms with Gasteiger partial charge in [0.1, 0.15) is 0 Å². The Morgan fingerprint density at radius 2 is 2.24 bits per heavy atom. The van der Waals surface area contributed by atoms with Crippen LogP contribution in [0, 0.1) is 5.41 Å². The van der Waals surface area contributed by atoms with Crippen molar-refractivity contribution in [3.8, 4) is 0 Å². The maximum Gasteiger partial charge on any atom is 0.310 e. The Labute approximate surface area is 101 Å². The molecule has 2 rings (SSSR count). The normalized spacial score (nSPS) is 18.7. The summed E-state index contributed by atoms with van der Waals surface area (Å²) in [6.45, 7) is 1.36. The first-order chi connectivity index (χ1) is 8.12. The molecule has 1 heterocycles. The number of hydrogen-bond donors (Lipinski definition) is 1. The average molecular weight is 237 g/mol. The van der Waals surface area contributed by atoms with Crippen LogP contribution in [0.15, 0.2) is 23.0 Å². The SMILES string of the molecule is CN(Cc1ccoc1)CC1(C(=O)O)CCCC1. The number of rotatable bonds is 5. The summed E-state index contributed by atoms with van der Waals surface area (Å²) >= 11 is 0. The number of carboxylic acid groups (broad SMARTS) is 1. The van der Waals surface area contributed by atoms with Gasteiger partial charge in [-0.25, -0.2) is 0 Å². The number of furan rings is 1. The number of carbonyl (C=O) groups is 1. The molecule has 0 atom stereocenters. The molecule has 4 nitrogen and oxygen atoms in total. The topological polar surface area (TPSA) is 53.7 Å². The third-order valence-corrected chi connectivity index (χ3v) is 3.62. The van der Waals surface area contributed by atoms with Crippen LogP contribution in [0.1, 0.15) is 31.2 Å². The lowest BCUT2D eigenvalue weighted by Crippen LogP contribution is -2.39. The standard InChI is InChI=1S/C13H19NO3/c1-14(8-11-4-7-17-9-11)10-13(12(15)16)5-2-3-6-13/h4,7,9H,2-3,5-6,8,10H2,1H3,(H,15,16). The average Bonchev–Trinajstić information content (AvgIpc) is 2.89. The summed E-state index contributed by atoms with van der Waals surface area (Å²) in [7, 11) is 1.97. The number of carboxylic acids is 1. The monoisotopic (exact) mass is 237 g/mol. The summed E-state index contributed by atoms with van der Waals surface area (Å²) in [5.41, 5.74) is 0.560. The van der Waals surface area contributed by atoms with Gasteiger partial charge in [-0.1, -0.05) is 12.8 Å². The maximum absolute atomic E-state index is 11.4. The fourth-order valence-electron chi connectivity index (χ4n) is 2.76. The van der Waals surface area contributed by atoms with Gasteiger partial charge in [-0.2, -0.15) is 0 Å². The molecule has 0 aliphatic heterocycles. The van der Waals surface area contributed by atoms with Crippen molar-refractivity contribution in [2.75, 3.05) is 13.6 Å². The zero-order chi connectivity index (χ0) is 12.3. The lowest BCUT2D eigenvalue weighted by molar-refractivity contribution is -0.149. The second-order valence-electron chi connectivity index (χ2n) is 5.10. The molecule has 0 bridgehead atoms. The van der Waals surface area contributed by atoms with Crippen LogP contribution < -0.4 is 0 Å². The molecule has 1 fully saturated rings. The van der Waals surface area contributed by atoms with E-state index < -0.39 is 11.4 Å². The first-order valence-electron chi connectivity index (χ1n) is 6.05. The molecule has 4 heteroatoms. The van der Waals surface area contributed by atoms with Crippen molar-refractivity contribution in [1.82, 2.24) is 4.90 Å². The lowest BCUT2D eigenvalue weighted by atomic mass is 9.86. The molecule has 0 radical (unpaired) electrons. The Bertz CT molecular complexity index is 366. The Balaban J connectivity index is 1.96. The first kappa shape index (κ1) is 12.2. The molecule has 0 spiro atoms. The van der Waals surface area contributed by atoms with Crippen LogP contribution in [-0.2, 0) is 11.3 Å². The molecule has 17 heavy (non-hydrogen) atoms. The molecule has 1 saturated carbocycles. The van der Waals surface area contributed by atoms with Crippen LogP contribution in [0.3, 0.4) is 0 Å². The highest BCUT2D eigenvalue weighted by Gasteiger charge is 2.41. The van der Waals surface area contributed by atoms with Gasteiger partial charge in [0.15, 0.2) is 0 Å². The van der Waals surface area contributed by atoms with Gasteiger partial charge in [0.25, 0.3) is 0 Å². The molecular weight excluding hydrogens is 218 g/mol. The highest BCUT2D eigenvalue weighted by atomic mass is 16.4. The van der Waals surface area contributed by atoms with Gasteiger partial charge in [0, 0.05) is 18.7 Å². The Kier molecular flexibility index (Phi) is 3.52. The zero-order valence-electron chi connectivity index (χ0n) is 10.2. The molecular formula is C13H19NO3. The summed E-state index contributed by atoms with van der Waals surface area (Å²) in [4.78, 5) is 13.5. The van der Waals surface area contributed by atoms with E-state index in [0.717, 1.165) is 37.8 Å². The van der Waals surface area contributed by atoms with Gasteiger partial charge >= 0.3 is 5.97 Å². The number of aliphatic carboxylic acids is 1. The molecule has 0 amide bonds. The van der Waals surface area contributed by atoms with E-state index in [9.17, 15) is 9.90 Å². The van der Waals surface area contributed by atoms with Gasteiger partial charge < -0.3 is 14.4 Å². The highest BCUT2D eigenvalue weighted by Crippen LogP contribution is 2.39. The minimum atomic E-state index is -0.644. The Morgan fingerprint density at radius 3 is 2.76 bits per heavy atom. The molecule has 1 aromatic heterocycles. The van der Waals surface area contributed by atoms with E-state index in [0.29, 0.717) is 6.54 Å². The number of hydrogen-bond acceptors (Lipinski definition) is 3. The van der Waals surface area contributed by atoms with Crippen molar-refractivity contribution in [3.05, 3.63) is 24.2 Å². The smallest absolute Gasteiger partial charge is 0.310 e. The third-order valence-electron chi connectivity index (χ3n) is 3.62. The van der Waals surface area contributed by atoms with Crippen molar-refractivity contribution < 1.29 is 14.3 Å². The van der Waals surface area contributed by atoms with Crippen molar-refractivity contribution in [2.24, 2.45) is 5.41 Å². The van der Waals surface area contributed by atoms with Gasteiger partial charge in [-0.3, -0.25) is 4.79 Å². The highest BCUT2D eigenvalue weighted by molar-refractivity contribution is 5.75. The fourth-order valence-corrected chi connectivity index (χ4v) is 2.76. The van der Waals surface area contributed by atoms with Crippen LogP contribution in [0.4, 0.5) is 0 Å². The van der Waals surface area contributed by atoms with E-state index in [4.69, 9.17) is 4.42 Å². The van der Waals surface area contributed by atoms with Crippen molar-refractivity contribution >= 4 is 5.97 Å². The second-order valence-corrected chi connectivity index (χ2v) is 5.10. The molecule has 1 aliphatic rings. The maximum atomic E-state index is 11.4. The molecule has 0 saturated heterocycles. The summed E-state index contributed by atoms with van der Waals surface area (Å²) in [5, 5.41) is 9.39. The zero-order valence-corrected chi connectivity index (χ0v) is 10.2. The van der Waals surface area contributed by atoms with Gasteiger partial charge in [0.2, 0.25) is 0 Å². The van der Waals surface area contributed by atoms with Crippen LogP contribution in [0.2, 0.25) is 0 Å². The van der Waals surface area contributed by atoms with E-state index in [1.807, 2.05) is 13.1 Å². The van der Waals surface area contributed by atoms with E-state index in [1.165, 1.54) is 0 Å². The second kappa shape index (κ2) is 4.92. The lowest BCUT2D eigenvalue weighted by Gasteiger charge is -2.29.